The van der Waals surface area contributed by atoms with E-state index in [2.05, 4.69) is 72.8 Å². The minimum Gasteiger partial charge on any atom is -0.743 e. The van der Waals surface area contributed by atoms with Crippen molar-refractivity contribution in [1.29, 1.82) is 0 Å². The fraction of sp³-hybridized carbons (Fsp3) is 0.333. The second kappa shape index (κ2) is 13.9. The Kier molecular flexibility index (Phi) is 11.9. The van der Waals surface area contributed by atoms with Gasteiger partial charge in [0.15, 0.2) is 24.8 Å². The molecule has 0 N–H and O–H groups in total. The van der Waals surface area contributed by atoms with E-state index < -0.39 is 57.1 Å². The maximum Gasteiger partial charge on any atom is 0.460 e. The summed E-state index contributed by atoms with van der Waals surface area (Å²) in [5.74, 6) is -51.3. The van der Waals surface area contributed by atoms with E-state index in [9.17, 15) is 87.6 Å². The second-order valence-corrected chi connectivity index (χ2v) is 13.0. The van der Waals surface area contributed by atoms with Gasteiger partial charge in [-0.2, -0.15) is 74.6 Å². The van der Waals surface area contributed by atoms with Crippen LogP contribution in [-0.2, 0) is 21.0 Å². The fourth-order valence-electron chi connectivity index (χ4n) is 3.54. The molecule has 0 spiro atoms. The summed E-state index contributed by atoms with van der Waals surface area (Å²) in [6.07, 6.45) is -7.89. The maximum atomic E-state index is 13.0. The van der Waals surface area contributed by atoms with Gasteiger partial charge >= 0.3 is 47.0 Å². The first kappa shape index (κ1) is 42.7. The Labute approximate surface area is 272 Å². The zero-order valence-corrected chi connectivity index (χ0v) is 25.6. The maximum absolute atomic E-state index is 13.0. The molecule has 3 rings (SSSR count). The molecule has 0 heterocycles. The molecule has 0 aliphatic rings. The molecule has 23 heteroatoms. The average Bonchev–Trinajstić information content (AvgIpc) is 3.01. The number of hydrogen-bond donors (Lipinski definition) is 0. The molecule has 4 nitrogen and oxygen atoms in total. The van der Waals surface area contributed by atoms with Crippen LogP contribution < -0.4 is 4.74 Å². The van der Waals surface area contributed by atoms with Gasteiger partial charge in [0.1, 0.15) is 5.75 Å². The summed E-state index contributed by atoms with van der Waals surface area (Å²) in [7, 11) is -6.53. The van der Waals surface area contributed by atoms with Crippen LogP contribution in [0.25, 0.3) is 0 Å². The molecule has 0 bridgehead atoms. The summed E-state index contributed by atoms with van der Waals surface area (Å²) in [5.41, 5.74) is 0. The SMILES string of the molecule is COc1ccc([S+](c2ccccc2)c2ccccc2)cc1.O=S(=O)([O-])C(F)(F)C(F)(F)C(F)(F)C(F)(F)C(F)(F)C(F)(F)C(F)(F)C(F)(F)F. The van der Waals surface area contributed by atoms with Crippen LogP contribution in [0, 0.1) is 0 Å². The zero-order chi connectivity index (χ0) is 39.0. The van der Waals surface area contributed by atoms with Crippen LogP contribution in [0.3, 0.4) is 0 Å². The highest BCUT2D eigenvalue weighted by Crippen LogP contribution is 2.64. The molecule has 0 fully saturated rings. The van der Waals surface area contributed by atoms with Gasteiger partial charge in [0.05, 0.1) is 18.0 Å². The lowest BCUT2D eigenvalue weighted by molar-refractivity contribution is -0.458. The molecular formula is C27H17F17O4S2. The van der Waals surface area contributed by atoms with E-state index in [0.717, 1.165) is 5.75 Å². The van der Waals surface area contributed by atoms with Crippen molar-refractivity contribution in [3.63, 3.8) is 0 Å². The van der Waals surface area contributed by atoms with Crippen LogP contribution in [0.15, 0.2) is 99.6 Å². The number of ether oxygens (including phenoxy) is 1. The summed E-state index contributed by atoms with van der Waals surface area (Å²) in [5, 5.41) is -7.95. The van der Waals surface area contributed by atoms with Gasteiger partial charge in [0.25, 0.3) is 0 Å². The molecule has 280 valence electrons. The van der Waals surface area contributed by atoms with E-state index in [-0.39, 0.29) is 10.9 Å². The van der Waals surface area contributed by atoms with E-state index in [1.165, 1.54) is 14.7 Å². The van der Waals surface area contributed by atoms with Gasteiger partial charge < -0.3 is 9.29 Å². The smallest absolute Gasteiger partial charge is 0.460 e. The highest BCUT2D eigenvalue weighted by atomic mass is 32.2. The van der Waals surface area contributed by atoms with Crippen molar-refractivity contribution in [2.75, 3.05) is 7.11 Å². The molecule has 3 aromatic rings. The highest BCUT2D eigenvalue weighted by Gasteiger charge is 2.95. The van der Waals surface area contributed by atoms with Gasteiger partial charge in [-0.3, -0.25) is 0 Å². The van der Waals surface area contributed by atoms with E-state index in [0.29, 0.717) is 0 Å². The van der Waals surface area contributed by atoms with Gasteiger partial charge in [-0.05, 0) is 48.5 Å². The first-order chi connectivity index (χ1) is 22.4. The molecule has 0 aliphatic heterocycles. The predicted octanol–water partition coefficient (Wildman–Crippen LogP) is 9.29. The van der Waals surface area contributed by atoms with Gasteiger partial charge in [-0.15, -0.1) is 0 Å². The van der Waals surface area contributed by atoms with Crippen molar-refractivity contribution in [1.82, 2.24) is 0 Å². The van der Waals surface area contributed by atoms with Crippen LogP contribution in [0.4, 0.5) is 74.6 Å². The quantitative estimate of drug-likeness (QED) is 0.110. The van der Waals surface area contributed by atoms with Crippen LogP contribution in [0.1, 0.15) is 0 Å². The molecule has 0 unspecified atom stereocenters. The van der Waals surface area contributed by atoms with Crippen LogP contribution in [0.2, 0.25) is 0 Å². The van der Waals surface area contributed by atoms with E-state index in [1.807, 2.05) is 12.1 Å². The third kappa shape index (κ3) is 7.16. The van der Waals surface area contributed by atoms with Crippen molar-refractivity contribution in [3.8, 4) is 5.75 Å². The number of methoxy groups -OCH3 is 1. The number of benzene rings is 3. The van der Waals surface area contributed by atoms with Crippen molar-refractivity contribution < 1.29 is 92.3 Å². The molecule has 0 radical (unpaired) electrons. The Morgan fingerprint density at radius 2 is 0.780 bits per heavy atom. The Morgan fingerprint density at radius 1 is 0.480 bits per heavy atom. The molecule has 0 atom stereocenters. The fourth-order valence-corrected chi connectivity index (χ4v) is 6.07. The molecule has 0 saturated carbocycles. The zero-order valence-electron chi connectivity index (χ0n) is 24.0. The Balaban J connectivity index is 0.000000361. The van der Waals surface area contributed by atoms with Crippen LogP contribution in [-0.4, -0.2) is 67.0 Å². The summed E-state index contributed by atoms with van der Waals surface area (Å²) in [6.45, 7) is 0. The topological polar surface area (TPSA) is 66.4 Å². The molecule has 0 aromatic heterocycles. The minimum atomic E-state index is -8.92. The molecular weight excluding hydrogens is 775 g/mol. The van der Waals surface area contributed by atoms with Crippen molar-refractivity contribution in [2.24, 2.45) is 0 Å². The molecule has 0 aliphatic carbocycles. The molecule has 3 aromatic carbocycles. The lowest BCUT2D eigenvalue weighted by Crippen LogP contribution is -2.75. The summed E-state index contributed by atoms with van der Waals surface area (Å²) in [4.78, 5) is 3.95. The molecule has 0 saturated heterocycles. The normalized spacial score (nSPS) is 14.2. The monoisotopic (exact) mass is 792 g/mol. The van der Waals surface area contributed by atoms with Gasteiger partial charge in [-0.25, -0.2) is 8.42 Å². The molecule has 50 heavy (non-hydrogen) atoms. The predicted molar refractivity (Wildman–Crippen MR) is 138 cm³/mol. The molecule has 0 amide bonds. The first-order valence-electron chi connectivity index (χ1n) is 12.5. The minimum absolute atomic E-state index is 0.0804. The standard InChI is InChI=1S/C19H17OS.C8HF17O3S/c1-20-16-12-14-19(15-13-16)21(17-8-4-2-5-9-17)18-10-6-3-7-11-18;9-1(10,3(13,14)5(17,18)7(21,22)23)2(11,12)4(15,16)6(19,20)8(24,25)29(26,27)28/h2-15H,1H3;(H,26,27,28)/q+1;/p-1. The lowest BCUT2D eigenvalue weighted by Gasteiger charge is -2.42. The summed E-state index contributed by atoms with van der Waals surface area (Å²) >= 11 is 0. The summed E-state index contributed by atoms with van der Waals surface area (Å²) in [6, 6.07) is 29.7. The Morgan fingerprint density at radius 3 is 1.08 bits per heavy atom. The largest absolute Gasteiger partial charge is 0.743 e. The van der Waals surface area contributed by atoms with Gasteiger partial charge in [-0.1, -0.05) is 36.4 Å². The van der Waals surface area contributed by atoms with Gasteiger partial charge in [0, 0.05) is 0 Å². The Hall–Kier alpha value is -3.47. The number of rotatable bonds is 11. The third-order valence-electron chi connectivity index (χ3n) is 6.26. The Bertz CT molecular complexity index is 1640. The van der Waals surface area contributed by atoms with Crippen LogP contribution >= 0.6 is 0 Å². The average molecular weight is 793 g/mol. The van der Waals surface area contributed by atoms with Crippen molar-refractivity contribution in [3.05, 3.63) is 84.9 Å². The van der Waals surface area contributed by atoms with Crippen molar-refractivity contribution >= 4 is 21.0 Å². The third-order valence-corrected chi connectivity index (χ3v) is 9.38. The summed E-state index contributed by atoms with van der Waals surface area (Å²) < 4.78 is 249. The van der Waals surface area contributed by atoms with Crippen LogP contribution in [0.5, 0.6) is 5.75 Å². The van der Waals surface area contributed by atoms with Gasteiger partial charge in [0.2, 0.25) is 0 Å². The van der Waals surface area contributed by atoms with E-state index in [4.69, 9.17) is 4.74 Å². The highest BCUT2D eigenvalue weighted by molar-refractivity contribution is 7.97. The second-order valence-electron chi connectivity index (χ2n) is 9.52. The lowest BCUT2D eigenvalue weighted by atomic mass is 9.91. The number of alkyl halides is 17. The first-order valence-corrected chi connectivity index (χ1v) is 15.2. The van der Waals surface area contributed by atoms with Crippen molar-refractivity contribution in [2.45, 2.75) is 61.7 Å². The van der Waals surface area contributed by atoms with E-state index in [1.54, 1.807) is 7.11 Å². The number of hydrogen-bond acceptors (Lipinski definition) is 4. The van der Waals surface area contributed by atoms with E-state index >= 15 is 0 Å². The number of halogens is 17.